The number of benzene rings is 1. The minimum atomic E-state index is -0.402. The third kappa shape index (κ3) is 4.27. The lowest BCUT2D eigenvalue weighted by Gasteiger charge is -2.16. The molecule has 0 aliphatic heterocycles. The molecule has 1 fully saturated rings. The second kappa shape index (κ2) is 7.02. The van der Waals surface area contributed by atoms with Gasteiger partial charge in [0, 0.05) is 29.1 Å². The van der Waals surface area contributed by atoms with E-state index in [1.54, 1.807) is 12.1 Å². The lowest BCUT2D eigenvalue weighted by molar-refractivity contribution is -0.386. The SMILES string of the molecule is CSC1CCC(Nc2ccc([N+](=O)[O-])c(OC(C)C)c2)C1. The van der Waals surface area contributed by atoms with Gasteiger partial charge in [-0.2, -0.15) is 11.8 Å². The number of nitrogens with zero attached hydrogens (tertiary/aromatic N) is 1. The molecule has 0 radical (unpaired) electrons. The summed E-state index contributed by atoms with van der Waals surface area (Å²) in [4.78, 5) is 10.6. The van der Waals surface area contributed by atoms with Gasteiger partial charge in [0.2, 0.25) is 0 Å². The van der Waals surface area contributed by atoms with E-state index in [0.29, 0.717) is 17.0 Å². The van der Waals surface area contributed by atoms with E-state index >= 15 is 0 Å². The highest BCUT2D eigenvalue weighted by atomic mass is 32.2. The van der Waals surface area contributed by atoms with E-state index in [4.69, 9.17) is 4.74 Å². The van der Waals surface area contributed by atoms with E-state index in [9.17, 15) is 10.1 Å². The molecule has 0 spiro atoms. The molecule has 0 amide bonds. The molecule has 116 valence electrons. The largest absolute Gasteiger partial charge is 0.484 e. The van der Waals surface area contributed by atoms with Crippen LogP contribution in [0.1, 0.15) is 33.1 Å². The standard InChI is InChI=1S/C15H22N2O3S/c1-10(2)20-15-9-12(5-7-14(15)17(18)19)16-11-4-6-13(8-11)21-3/h5,7,9-11,13,16H,4,6,8H2,1-3H3. The maximum Gasteiger partial charge on any atom is 0.311 e. The molecule has 1 aromatic rings. The molecule has 1 aliphatic carbocycles. The zero-order valence-corrected chi connectivity index (χ0v) is 13.5. The fraction of sp³-hybridized carbons (Fsp3) is 0.600. The summed E-state index contributed by atoms with van der Waals surface area (Å²) in [6, 6.07) is 5.46. The van der Waals surface area contributed by atoms with Gasteiger partial charge in [-0.15, -0.1) is 0 Å². The number of thioether (sulfide) groups is 1. The number of rotatable bonds is 6. The monoisotopic (exact) mass is 310 g/mol. The highest BCUT2D eigenvalue weighted by Gasteiger charge is 2.24. The molecule has 0 heterocycles. The minimum absolute atomic E-state index is 0.0164. The summed E-state index contributed by atoms with van der Waals surface area (Å²) in [5.74, 6) is 0.333. The highest BCUT2D eigenvalue weighted by Crippen LogP contribution is 2.34. The van der Waals surface area contributed by atoms with Crippen LogP contribution in [0.3, 0.4) is 0 Å². The van der Waals surface area contributed by atoms with Crippen molar-refractivity contribution in [2.24, 2.45) is 0 Å². The number of nitro groups is 1. The van der Waals surface area contributed by atoms with Crippen LogP contribution in [0.25, 0.3) is 0 Å². The number of hydrogen-bond donors (Lipinski definition) is 1. The van der Waals surface area contributed by atoms with E-state index < -0.39 is 4.92 Å². The first-order chi connectivity index (χ1) is 9.99. The summed E-state index contributed by atoms with van der Waals surface area (Å²) in [6.45, 7) is 3.73. The Bertz CT molecular complexity index is 508. The molecule has 1 aromatic carbocycles. The van der Waals surface area contributed by atoms with Crippen LogP contribution in [0.5, 0.6) is 5.75 Å². The third-order valence-electron chi connectivity index (χ3n) is 3.61. The Kier molecular flexibility index (Phi) is 5.33. The number of ether oxygens (including phenoxy) is 1. The summed E-state index contributed by atoms with van der Waals surface area (Å²) in [6.07, 6.45) is 5.56. The quantitative estimate of drug-likeness (QED) is 0.633. The molecule has 5 nitrogen and oxygen atoms in total. The van der Waals surface area contributed by atoms with Crippen LogP contribution in [0.15, 0.2) is 18.2 Å². The van der Waals surface area contributed by atoms with Crippen molar-refractivity contribution in [2.75, 3.05) is 11.6 Å². The number of nitro benzene ring substituents is 1. The molecule has 2 unspecified atom stereocenters. The molecule has 1 N–H and O–H groups in total. The van der Waals surface area contributed by atoms with Crippen LogP contribution in [0, 0.1) is 10.1 Å². The number of anilines is 1. The summed E-state index contributed by atoms with van der Waals surface area (Å²) in [7, 11) is 0. The Hall–Kier alpha value is -1.43. The molecule has 6 heteroatoms. The zero-order chi connectivity index (χ0) is 15.4. The second-order valence-corrected chi connectivity index (χ2v) is 6.76. The predicted octanol–water partition coefficient (Wildman–Crippen LogP) is 4.08. The van der Waals surface area contributed by atoms with E-state index in [1.165, 1.54) is 12.5 Å². The Labute approximate surface area is 129 Å². The average Bonchev–Trinajstić information content (AvgIpc) is 2.85. The van der Waals surface area contributed by atoms with Crippen molar-refractivity contribution in [1.29, 1.82) is 0 Å². The highest BCUT2D eigenvalue weighted by molar-refractivity contribution is 7.99. The molecular formula is C15H22N2O3S. The van der Waals surface area contributed by atoms with Crippen molar-refractivity contribution < 1.29 is 9.66 Å². The molecule has 2 rings (SSSR count). The van der Waals surface area contributed by atoms with E-state index in [-0.39, 0.29) is 11.8 Å². The summed E-state index contributed by atoms with van der Waals surface area (Å²) in [5.41, 5.74) is 0.908. The smallest absolute Gasteiger partial charge is 0.311 e. The zero-order valence-electron chi connectivity index (χ0n) is 12.7. The van der Waals surface area contributed by atoms with Crippen LogP contribution in [0.4, 0.5) is 11.4 Å². The van der Waals surface area contributed by atoms with Gasteiger partial charge in [0.15, 0.2) is 5.75 Å². The maximum absolute atomic E-state index is 11.0. The topological polar surface area (TPSA) is 64.4 Å². The van der Waals surface area contributed by atoms with Gasteiger partial charge in [-0.25, -0.2) is 0 Å². The molecule has 0 saturated heterocycles. The Morgan fingerprint density at radius 1 is 1.43 bits per heavy atom. The average molecular weight is 310 g/mol. The summed E-state index contributed by atoms with van der Waals surface area (Å²) < 4.78 is 5.57. The van der Waals surface area contributed by atoms with Crippen LogP contribution in [-0.4, -0.2) is 28.6 Å². The first-order valence-electron chi connectivity index (χ1n) is 7.24. The van der Waals surface area contributed by atoms with Crippen LogP contribution >= 0.6 is 11.8 Å². The van der Waals surface area contributed by atoms with Gasteiger partial charge in [0.25, 0.3) is 0 Å². The van der Waals surface area contributed by atoms with Gasteiger partial charge in [-0.3, -0.25) is 10.1 Å². The van der Waals surface area contributed by atoms with E-state index in [0.717, 1.165) is 18.5 Å². The van der Waals surface area contributed by atoms with Crippen LogP contribution in [0.2, 0.25) is 0 Å². The molecule has 0 aromatic heterocycles. The van der Waals surface area contributed by atoms with E-state index in [1.807, 2.05) is 25.6 Å². The van der Waals surface area contributed by atoms with Crippen molar-refractivity contribution in [3.63, 3.8) is 0 Å². The molecule has 1 saturated carbocycles. The van der Waals surface area contributed by atoms with Gasteiger partial charge in [0.05, 0.1) is 11.0 Å². The second-order valence-electron chi connectivity index (χ2n) is 5.62. The van der Waals surface area contributed by atoms with Gasteiger partial charge in [0.1, 0.15) is 0 Å². The fourth-order valence-corrected chi connectivity index (χ4v) is 3.42. The van der Waals surface area contributed by atoms with Gasteiger partial charge < -0.3 is 10.1 Å². The van der Waals surface area contributed by atoms with Gasteiger partial charge >= 0.3 is 5.69 Å². The van der Waals surface area contributed by atoms with Crippen molar-refractivity contribution in [1.82, 2.24) is 0 Å². The molecule has 0 bridgehead atoms. The Morgan fingerprint density at radius 3 is 2.76 bits per heavy atom. The lowest BCUT2D eigenvalue weighted by atomic mass is 10.2. The van der Waals surface area contributed by atoms with Crippen molar-refractivity contribution in [3.8, 4) is 5.75 Å². The first kappa shape index (κ1) is 15.9. The lowest BCUT2D eigenvalue weighted by Crippen LogP contribution is -2.16. The van der Waals surface area contributed by atoms with Gasteiger partial charge in [-0.05, 0) is 45.4 Å². The first-order valence-corrected chi connectivity index (χ1v) is 8.52. The normalized spacial score (nSPS) is 21.5. The van der Waals surface area contributed by atoms with E-state index in [2.05, 4.69) is 11.6 Å². The molecule has 1 aliphatic rings. The number of nitrogens with one attached hydrogen (secondary N) is 1. The molecule has 2 atom stereocenters. The molecule has 21 heavy (non-hydrogen) atoms. The summed E-state index contributed by atoms with van der Waals surface area (Å²) in [5, 5.41) is 15.2. The Morgan fingerprint density at radius 2 is 2.19 bits per heavy atom. The number of hydrogen-bond acceptors (Lipinski definition) is 5. The maximum atomic E-state index is 11.0. The van der Waals surface area contributed by atoms with Crippen LogP contribution in [-0.2, 0) is 0 Å². The fourth-order valence-electron chi connectivity index (χ4n) is 2.62. The van der Waals surface area contributed by atoms with Crippen LogP contribution < -0.4 is 10.1 Å². The van der Waals surface area contributed by atoms with Crippen molar-refractivity contribution in [3.05, 3.63) is 28.3 Å². The Balaban J connectivity index is 2.12. The predicted molar refractivity (Wildman–Crippen MR) is 87.4 cm³/mol. The van der Waals surface area contributed by atoms with Gasteiger partial charge in [-0.1, -0.05) is 0 Å². The molecular weight excluding hydrogens is 288 g/mol. The van der Waals surface area contributed by atoms with Crippen molar-refractivity contribution >= 4 is 23.1 Å². The third-order valence-corrected chi connectivity index (χ3v) is 4.70. The van der Waals surface area contributed by atoms with Crippen molar-refractivity contribution in [2.45, 2.75) is 50.5 Å². The summed E-state index contributed by atoms with van der Waals surface area (Å²) >= 11 is 1.91. The minimum Gasteiger partial charge on any atom is -0.484 e.